The lowest BCUT2D eigenvalue weighted by Gasteiger charge is -2.30. The van der Waals surface area contributed by atoms with E-state index in [4.69, 9.17) is 11.6 Å². The summed E-state index contributed by atoms with van der Waals surface area (Å²) in [7, 11) is 2.12. The standard InChI is InChI=1S/C19H21ClN4O/c1-23-9-11-24(12-10-23)21-14-15-5-4-6-16(13-15)22-19(25)17-7-2-3-8-18(17)20/h2-8,13-14H,9-12H2,1H3,(H,22,25)/b21-14+. The number of piperazine rings is 1. The van der Waals surface area contributed by atoms with Crippen LogP contribution in [-0.4, -0.2) is 55.3 Å². The highest BCUT2D eigenvalue weighted by molar-refractivity contribution is 6.34. The SMILES string of the molecule is CN1CCN(/N=C/c2cccc(NC(=O)c3ccccc3Cl)c2)CC1. The summed E-state index contributed by atoms with van der Waals surface area (Å²) in [6, 6.07) is 14.6. The number of likely N-dealkylation sites (N-methyl/N-ethyl adjacent to an activating group) is 1. The summed E-state index contributed by atoms with van der Waals surface area (Å²) >= 11 is 6.07. The molecule has 2 aromatic carbocycles. The van der Waals surface area contributed by atoms with Gasteiger partial charge in [-0.3, -0.25) is 9.80 Å². The van der Waals surface area contributed by atoms with Gasteiger partial charge in [-0.15, -0.1) is 0 Å². The minimum Gasteiger partial charge on any atom is -0.322 e. The number of nitrogens with one attached hydrogen (secondary N) is 1. The van der Waals surface area contributed by atoms with Crippen molar-refractivity contribution in [2.45, 2.75) is 0 Å². The molecule has 0 unspecified atom stereocenters. The van der Waals surface area contributed by atoms with Crippen molar-refractivity contribution in [1.29, 1.82) is 0 Å². The number of rotatable bonds is 4. The number of nitrogens with zero attached hydrogens (tertiary/aromatic N) is 3. The molecule has 1 amide bonds. The summed E-state index contributed by atoms with van der Waals surface area (Å²) in [5.74, 6) is -0.223. The van der Waals surface area contributed by atoms with Gasteiger partial charge in [0.1, 0.15) is 0 Å². The molecule has 130 valence electrons. The normalized spacial score (nSPS) is 15.5. The summed E-state index contributed by atoms with van der Waals surface area (Å²) in [6.45, 7) is 3.89. The first kappa shape index (κ1) is 17.5. The minimum atomic E-state index is -0.223. The molecule has 0 aliphatic carbocycles. The Balaban J connectivity index is 1.65. The lowest BCUT2D eigenvalue weighted by atomic mass is 10.2. The Morgan fingerprint density at radius 3 is 2.64 bits per heavy atom. The topological polar surface area (TPSA) is 47.9 Å². The zero-order valence-electron chi connectivity index (χ0n) is 14.2. The number of hydrogen-bond acceptors (Lipinski definition) is 4. The second-order valence-electron chi connectivity index (χ2n) is 6.06. The van der Waals surface area contributed by atoms with Crippen LogP contribution in [0.5, 0.6) is 0 Å². The van der Waals surface area contributed by atoms with Crippen molar-refractivity contribution in [2.75, 3.05) is 38.5 Å². The quantitative estimate of drug-likeness (QED) is 0.856. The van der Waals surface area contributed by atoms with E-state index >= 15 is 0 Å². The maximum Gasteiger partial charge on any atom is 0.257 e. The minimum absolute atomic E-state index is 0.223. The number of halogens is 1. The Morgan fingerprint density at radius 2 is 1.88 bits per heavy atom. The Kier molecular flexibility index (Phi) is 5.68. The van der Waals surface area contributed by atoms with Gasteiger partial charge in [-0.2, -0.15) is 5.10 Å². The van der Waals surface area contributed by atoms with Gasteiger partial charge < -0.3 is 10.2 Å². The fourth-order valence-electron chi connectivity index (χ4n) is 2.60. The summed E-state index contributed by atoms with van der Waals surface area (Å²) in [6.07, 6.45) is 1.83. The lowest BCUT2D eigenvalue weighted by Crippen LogP contribution is -2.41. The molecule has 0 aromatic heterocycles. The molecular weight excluding hydrogens is 336 g/mol. The molecule has 0 atom stereocenters. The van der Waals surface area contributed by atoms with E-state index in [0.717, 1.165) is 31.7 Å². The van der Waals surface area contributed by atoms with Crippen molar-refractivity contribution in [1.82, 2.24) is 9.91 Å². The largest absolute Gasteiger partial charge is 0.322 e. The Hall–Kier alpha value is -2.37. The molecule has 0 bridgehead atoms. The molecule has 3 rings (SSSR count). The summed E-state index contributed by atoms with van der Waals surface area (Å²) in [5.41, 5.74) is 2.11. The number of anilines is 1. The molecule has 0 radical (unpaired) electrons. The van der Waals surface area contributed by atoms with Crippen LogP contribution in [0.25, 0.3) is 0 Å². The van der Waals surface area contributed by atoms with Crippen LogP contribution in [0.1, 0.15) is 15.9 Å². The van der Waals surface area contributed by atoms with Gasteiger partial charge in [0.2, 0.25) is 0 Å². The van der Waals surface area contributed by atoms with Crippen LogP contribution in [0.2, 0.25) is 5.02 Å². The zero-order chi connectivity index (χ0) is 17.6. The summed E-state index contributed by atoms with van der Waals surface area (Å²) < 4.78 is 0. The highest BCUT2D eigenvalue weighted by Gasteiger charge is 2.11. The summed E-state index contributed by atoms with van der Waals surface area (Å²) in [5, 5.41) is 9.91. The van der Waals surface area contributed by atoms with Gasteiger partial charge in [0.15, 0.2) is 0 Å². The molecule has 1 fully saturated rings. The predicted octanol–water partition coefficient (Wildman–Crippen LogP) is 3.17. The molecule has 1 aliphatic rings. The van der Waals surface area contributed by atoms with Crippen molar-refractivity contribution in [2.24, 2.45) is 5.10 Å². The van der Waals surface area contributed by atoms with Gasteiger partial charge in [0.05, 0.1) is 16.8 Å². The Morgan fingerprint density at radius 1 is 1.12 bits per heavy atom. The molecule has 6 heteroatoms. The van der Waals surface area contributed by atoms with Crippen LogP contribution in [-0.2, 0) is 0 Å². The van der Waals surface area contributed by atoms with E-state index in [2.05, 4.69) is 27.4 Å². The predicted molar refractivity (Wildman–Crippen MR) is 103 cm³/mol. The first-order valence-corrected chi connectivity index (χ1v) is 8.63. The van der Waals surface area contributed by atoms with E-state index in [1.165, 1.54) is 0 Å². The third-order valence-corrected chi connectivity index (χ3v) is 4.44. The first-order chi connectivity index (χ1) is 12.1. The number of benzene rings is 2. The van der Waals surface area contributed by atoms with Crippen molar-refractivity contribution < 1.29 is 4.79 Å². The average molecular weight is 357 g/mol. The highest BCUT2D eigenvalue weighted by atomic mass is 35.5. The second-order valence-corrected chi connectivity index (χ2v) is 6.47. The zero-order valence-corrected chi connectivity index (χ0v) is 14.9. The van der Waals surface area contributed by atoms with Crippen LogP contribution in [0.4, 0.5) is 5.69 Å². The Labute approximate surface area is 152 Å². The van der Waals surface area contributed by atoms with Crippen molar-refractivity contribution in [3.63, 3.8) is 0 Å². The first-order valence-electron chi connectivity index (χ1n) is 8.25. The van der Waals surface area contributed by atoms with Crippen LogP contribution < -0.4 is 5.32 Å². The van der Waals surface area contributed by atoms with Gasteiger partial charge in [0, 0.05) is 31.9 Å². The molecular formula is C19H21ClN4O. The van der Waals surface area contributed by atoms with E-state index in [9.17, 15) is 4.79 Å². The van der Waals surface area contributed by atoms with Crippen LogP contribution in [0, 0.1) is 0 Å². The third-order valence-electron chi connectivity index (χ3n) is 4.11. The highest BCUT2D eigenvalue weighted by Crippen LogP contribution is 2.17. The number of carbonyl (C=O) groups is 1. The molecule has 2 aromatic rings. The third kappa shape index (κ3) is 4.81. The summed E-state index contributed by atoms with van der Waals surface area (Å²) in [4.78, 5) is 14.6. The molecule has 5 nitrogen and oxygen atoms in total. The fourth-order valence-corrected chi connectivity index (χ4v) is 2.82. The maximum atomic E-state index is 12.3. The van der Waals surface area contributed by atoms with Crippen LogP contribution in [0.3, 0.4) is 0 Å². The van der Waals surface area contributed by atoms with E-state index in [1.807, 2.05) is 30.5 Å². The molecule has 1 aliphatic heterocycles. The molecule has 1 N–H and O–H groups in total. The van der Waals surface area contributed by atoms with Crippen molar-refractivity contribution >= 4 is 29.4 Å². The second kappa shape index (κ2) is 8.14. The molecule has 1 heterocycles. The van der Waals surface area contributed by atoms with E-state index in [-0.39, 0.29) is 5.91 Å². The van der Waals surface area contributed by atoms with E-state index < -0.39 is 0 Å². The smallest absolute Gasteiger partial charge is 0.257 e. The number of amides is 1. The molecule has 1 saturated heterocycles. The molecule has 0 saturated carbocycles. The number of carbonyl (C=O) groups excluding carboxylic acids is 1. The lowest BCUT2D eigenvalue weighted by molar-refractivity contribution is 0.102. The van der Waals surface area contributed by atoms with E-state index in [1.54, 1.807) is 24.3 Å². The monoisotopic (exact) mass is 356 g/mol. The van der Waals surface area contributed by atoms with Gasteiger partial charge in [-0.25, -0.2) is 0 Å². The van der Waals surface area contributed by atoms with Gasteiger partial charge >= 0.3 is 0 Å². The number of hydrazone groups is 1. The fraction of sp³-hybridized carbons (Fsp3) is 0.263. The van der Waals surface area contributed by atoms with Gasteiger partial charge in [-0.05, 0) is 36.9 Å². The average Bonchev–Trinajstić information content (AvgIpc) is 2.62. The van der Waals surface area contributed by atoms with Crippen LogP contribution in [0.15, 0.2) is 53.6 Å². The number of hydrogen-bond donors (Lipinski definition) is 1. The Bertz CT molecular complexity index is 770. The molecule has 25 heavy (non-hydrogen) atoms. The van der Waals surface area contributed by atoms with Crippen molar-refractivity contribution in [3.8, 4) is 0 Å². The molecule has 0 spiro atoms. The van der Waals surface area contributed by atoms with Crippen LogP contribution >= 0.6 is 11.6 Å². The van der Waals surface area contributed by atoms with Crippen molar-refractivity contribution in [3.05, 3.63) is 64.7 Å². The maximum absolute atomic E-state index is 12.3. The van der Waals surface area contributed by atoms with E-state index in [0.29, 0.717) is 16.3 Å². The van der Waals surface area contributed by atoms with Gasteiger partial charge in [0.25, 0.3) is 5.91 Å². The van der Waals surface area contributed by atoms with Gasteiger partial charge in [-0.1, -0.05) is 35.9 Å².